The van der Waals surface area contributed by atoms with Crippen molar-refractivity contribution in [2.24, 2.45) is 17.2 Å². The van der Waals surface area contributed by atoms with Crippen LogP contribution in [0.2, 0.25) is 0 Å². The zero-order valence-electron chi connectivity index (χ0n) is 55.7. The van der Waals surface area contributed by atoms with Gasteiger partial charge in [-0.25, -0.2) is 35.9 Å². The smallest absolute Gasteiger partial charge is 0.412 e. The number of benzene rings is 7. The number of carbonyl (C=O) groups excluding carboxylic acids is 5. The molecule has 0 radical (unpaired) electrons. The van der Waals surface area contributed by atoms with E-state index in [2.05, 4.69) is 56.9 Å². The second-order valence-electron chi connectivity index (χ2n) is 22.9. The lowest BCUT2D eigenvalue weighted by molar-refractivity contribution is 0.0624. The van der Waals surface area contributed by atoms with E-state index in [0.717, 1.165) is 47.5 Å². The van der Waals surface area contributed by atoms with E-state index in [1.807, 2.05) is 12.1 Å². The largest absolute Gasteiger partial charge is 0.505 e. The molecule has 0 bridgehead atoms. The van der Waals surface area contributed by atoms with E-state index in [-0.39, 0.29) is 60.7 Å². The standard InChI is InChI=1S/C21H20F2N4O5.C16H12F2N4O3.C14H16ClN3O3.C9H8ClN3O.C7H5F2NO2.ClH/c1-21(2,3)31-20(29)25-12-6-4-11(5-7-12)19-26-15(32-27-19)10-30-14-9-8-13(22)16(17(14)23)18(24)28;17-10-5-6-11(14(18)13(10)15(20)23)24-7-12-21-16(22-25-12)8-1-3-9(19)4-2-8;1-14(2,3)20-13(19)16-10-6-4-9(5-7-10)12-17-11(8-15)21-18-12;10-5-8-12-9(13-14-8)6-1-3-7(11)4-2-6;8-3-1-2-4(11)6(9)5(3)7(10)12;/h4-9H,10H2,1-3H3,(H2,24,28)(H,25,29);1-6H,7,19H2,(H2,20,23);4-7H,8H2,1-3H3,(H,16,19);1-4H,5,11H2;1-2,11H,(H2,10,12);1H. The fourth-order valence-electron chi connectivity index (χ4n) is 8.01. The van der Waals surface area contributed by atoms with E-state index >= 15 is 0 Å². The number of nitrogen functional groups attached to an aromatic ring is 2. The molecule has 0 aliphatic rings. The van der Waals surface area contributed by atoms with Gasteiger partial charge in [-0.05, 0) is 175 Å². The van der Waals surface area contributed by atoms with Crippen LogP contribution in [-0.2, 0) is 34.4 Å². The average molecular weight is 1520 g/mol. The van der Waals surface area contributed by atoms with Gasteiger partial charge in [0.15, 0.2) is 47.9 Å². The van der Waals surface area contributed by atoms with E-state index in [4.69, 9.17) is 88.3 Å². The monoisotopic (exact) mass is 1520 g/mol. The second kappa shape index (κ2) is 36.9. The Morgan fingerprint density at radius 2 is 0.705 bits per heavy atom. The number of nitrogens with one attached hydrogen (secondary N) is 2. The molecule has 7 aromatic carbocycles. The number of rotatable bonds is 17. The minimum atomic E-state index is -1.33. The molecule has 5 amide bonds. The first-order chi connectivity index (χ1) is 49.2. The van der Waals surface area contributed by atoms with Crippen molar-refractivity contribution >= 4 is 88.3 Å². The Kier molecular flexibility index (Phi) is 28.6. The molecule has 4 heterocycles. The number of hydrogen-bond acceptors (Lipinski definition) is 24. The molecule has 0 saturated carbocycles. The lowest BCUT2D eigenvalue weighted by Gasteiger charge is -2.19. The van der Waals surface area contributed by atoms with E-state index in [1.54, 1.807) is 126 Å². The highest BCUT2D eigenvalue weighted by molar-refractivity contribution is 6.17. The molecule has 29 nitrogen and oxygen atoms in total. The van der Waals surface area contributed by atoms with Gasteiger partial charge in [-0.3, -0.25) is 25.0 Å². The Morgan fingerprint density at radius 3 is 0.981 bits per heavy atom. The third-order valence-electron chi connectivity index (χ3n) is 12.6. The van der Waals surface area contributed by atoms with Gasteiger partial charge in [-0.1, -0.05) is 20.6 Å². The fourth-order valence-corrected chi connectivity index (χ4v) is 8.23. The molecule has 0 aliphatic heterocycles. The maximum atomic E-state index is 14.2. The Labute approximate surface area is 607 Å². The number of nitrogens with two attached hydrogens (primary N) is 5. The van der Waals surface area contributed by atoms with E-state index < -0.39 is 104 Å². The average Bonchev–Trinajstić information content (AvgIpc) is 1.75. The van der Waals surface area contributed by atoms with Gasteiger partial charge in [0.1, 0.15) is 57.1 Å². The minimum Gasteiger partial charge on any atom is -0.505 e. The number of alkyl halides is 2. The van der Waals surface area contributed by atoms with Crippen molar-refractivity contribution in [1.29, 1.82) is 0 Å². The number of carbonyl (C=O) groups is 5. The van der Waals surface area contributed by atoms with Gasteiger partial charge in [-0.2, -0.15) is 19.9 Å². The Hall–Kier alpha value is -12.5. The molecule has 0 atom stereocenters. The van der Waals surface area contributed by atoms with E-state index in [1.165, 1.54) is 0 Å². The quantitative estimate of drug-likeness (QED) is 0.0238. The van der Waals surface area contributed by atoms with E-state index in [0.29, 0.717) is 63.1 Å². The number of phenolic OH excluding ortho intramolecular Hbond substituents is 1. The summed E-state index contributed by atoms with van der Waals surface area (Å²) in [6, 6.07) is 33.0. The van der Waals surface area contributed by atoms with Crippen molar-refractivity contribution in [2.45, 2.75) is 77.7 Å². The zero-order chi connectivity index (χ0) is 76.2. The maximum Gasteiger partial charge on any atom is 0.412 e. The molecule has 0 aliphatic carbocycles. The van der Waals surface area contributed by atoms with Gasteiger partial charge in [0, 0.05) is 45.0 Å². The molecule has 38 heteroatoms. The summed E-state index contributed by atoms with van der Waals surface area (Å²) < 4.78 is 121. The number of aromatic nitrogens is 8. The van der Waals surface area contributed by atoms with Crippen LogP contribution in [0.15, 0.2) is 152 Å². The summed E-state index contributed by atoms with van der Waals surface area (Å²) in [6.07, 6.45) is -1.09. The van der Waals surface area contributed by atoms with Crippen LogP contribution in [0.1, 0.15) is 96.2 Å². The molecule has 11 rings (SSSR count). The molecule has 4 aromatic heterocycles. The van der Waals surface area contributed by atoms with Gasteiger partial charge in [0.05, 0.1) is 0 Å². The van der Waals surface area contributed by atoms with Crippen LogP contribution in [0, 0.1) is 34.9 Å². The SMILES string of the molecule is CC(C)(C)OC(=O)Nc1ccc(-c2noc(CCl)n2)cc1.CC(C)(C)OC(=O)Nc1ccc(-c2noc(COc3ccc(F)c(C(N)=O)c3F)n2)cc1.Cl.NC(=O)c1c(F)ccc(O)c1F.NC(=O)c1c(F)ccc(OCc2nc(-c3ccc(N)cc3)no2)c1F.Nc1ccc(-c2noc(CCl)n2)cc1. The lowest BCUT2D eigenvalue weighted by Crippen LogP contribution is -2.27. The first kappa shape index (κ1) is 81.5. The van der Waals surface area contributed by atoms with Crippen molar-refractivity contribution in [3.8, 4) is 62.8 Å². The summed E-state index contributed by atoms with van der Waals surface area (Å²) in [5, 5.41) is 29.2. The summed E-state index contributed by atoms with van der Waals surface area (Å²) >= 11 is 11.1. The summed E-state index contributed by atoms with van der Waals surface area (Å²) in [5.74, 6) is -9.50. The van der Waals surface area contributed by atoms with Gasteiger partial charge in [0.2, 0.25) is 35.1 Å². The second-order valence-corrected chi connectivity index (χ2v) is 23.4. The first-order valence-corrected chi connectivity index (χ1v) is 30.9. The summed E-state index contributed by atoms with van der Waals surface area (Å²) in [6.45, 7) is 10.1. The molecule has 552 valence electrons. The topological polar surface area (TPSA) is 452 Å². The molecule has 0 fully saturated rings. The molecule has 0 saturated heterocycles. The van der Waals surface area contributed by atoms with Crippen LogP contribution in [0.4, 0.5) is 58.7 Å². The molecule has 0 spiro atoms. The maximum absolute atomic E-state index is 14.2. The third kappa shape index (κ3) is 24.1. The predicted molar refractivity (Wildman–Crippen MR) is 369 cm³/mol. The third-order valence-corrected chi connectivity index (χ3v) is 13.1. The van der Waals surface area contributed by atoms with Crippen LogP contribution in [0.3, 0.4) is 0 Å². The van der Waals surface area contributed by atoms with Crippen LogP contribution < -0.4 is 48.8 Å². The molecule has 13 N–H and O–H groups in total. The minimum absolute atomic E-state index is 0. The molecule has 0 unspecified atom stereocenters. The lowest BCUT2D eigenvalue weighted by atomic mass is 10.1. The van der Waals surface area contributed by atoms with Crippen molar-refractivity contribution in [1.82, 2.24) is 40.6 Å². The highest BCUT2D eigenvalue weighted by atomic mass is 35.5. The number of ether oxygens (including phenoxy) is 4. The molecule has 11 aromatic rings. The first-order valence-electron chi connectivity index (χ1n) is 29.8. The van der Waals surface area contributed by atoms with Crippen LogP contribution in [-0.4, -0.2) is 86.8 Å². The number of nitrogens with zero attached hydrogens (tertiary/aromatic N) is 8. The zero-order valence-corrected chi connectivity index (χ0v) is 58.0. The van der Waals surface area contributed by atoms with Crippen molar-refractivity contribution in [3.05, 3.63) is 209 Å². The number of aromatic hydroxyl groups is 1. The van der Waals surface area contributed by atoms with Crippen molar-refractivity contribution in [3.63, 3.8) is 0 Å². The Bertz CT molecular complexity index is 4790. The van der Waals surface area contributed by atoms with Crippen LogP contribution in [0.25, 0.3) is 45.6 Å². The predicted octanol–water partition coefficient (Wildman–Crippen LogP) is 13.4. The van der Waals surface area contributed by atoms with Crippen LogP contribution in [0.5, 0.6) is 17.2 Å². The number of anilines is 4. The van der Waals surface area contributed by atoms with Crippen molar-refractivity contribution in [2.75, 3.05) is 22.1 Å². The van der Waals surface area contributed by atoms with Gasteiger partial charge >= 0.3 is 12.2 Å². The summed E-state index contributed by atoms with van der Waals surface area (Å²) in [4.78, 5) is 72.6. The highest BCUT2D eigenvalue weighted by Gasteiger charge is 2.24. The number of amides is 5. The van der Waals surface area contributed by atoms with Gasteiger partial charge < -0.3 is 70.8 Å². The highest BCUT2D eigenvalue weighted by Crippen LogP contribution is 2.29. The number of halogens is 9. The van der Waals surface area contributed by atoms with E-state index in [9.17, 15) is 50.3 Å². The Morgan fingerprint density at radius 1 is 0.429 bits per heavy atom. The normalized spacial score (nSPS) is 10.7. The molecular weight excluding hydrogens is 1460 g/mol. The number of phenols is 1. The fraction of sp³-hybridized carbons (Fsp3) is 0.179. The van der Waals surface area contributed by atoms with Crippen LogP contribution >= 0.6 is 35.6 Å². The summed E-state index contributed by atoms with van der Waals surface area (Å²) in [5.41, 5.74) is 27.2. The Balaban J connectivity index is 0.000000214. The van der Waals surface area contributed by atoms with Gasteiger partial charge in [0.25, 0.3) is 29.5 Å². The summed E-state index contributed by atoms with van der Waals surface area (Å²) in [7, 11) is 0. The number of primary amides is 3. The number of hydrogen-bond donors (Lipinski definition) is 8. The van der Waals surface area contributed by atoms with Gasteiger partial charge in [-0.15, -0.1) is 35.6 Å². The van der Waals surface area contributed by atoms with Crippen molar-refractivity contribution < 1.29 is 92.5 Å². The molecular formula is C67H62Cl3F6N15O14. The molecule has 105 heavy (non-hydrogen) atoms.